The molecule has 0 aliphatic rings. The molecule has 2 rings (SSSR count). The first-order valence-corrected chi connectivity index (χ1v) is 7.44. The van der Waals surface area contributed by atoms with Crippen molar-refractivity contribution < 1.29 is 9.13 Å². The first kappa shape index (κ1) is 14.7. The molecule has 0 radical (unpaired) electrons. The first-order valence-electron chi connectivity index (χ1n) is 5.57. The molecule has 0 aliphatic heterocycles. The summed E-state index contributed by atoms with van der Waals surface area (Å²) in [5, 5.41) is 0. The Hall–Kier alpha value is -0.660. The molecule has 0 spiro atoms. The molecule has 2 N–H and O–H groups in total. The molecule has 1 atom stereocenters. The van der Waals surface area contributed by atoms with E-state index in [4.69, 9.17) is 10.5 Å². The molecule has 2 aromatic rings. The quantitative estimate of drug-likeness (QED) is 0.731. The van der Waals surface area contributed by atoms with Crippen LogP contribution in [-0.2, 0) is 0 Å². The van der Waals surface area contributed by atoms with Gasteiger partial charge in [-0.25, -0.2) is 4.39 Å². The van der Waals surface area contributed by atoms with Gasteiger partial charge in [-0.15, -0.1) is 0 Å². The number of rotatable bonds is 3. The van der Waals surface area contributed by atoms with Crippen molar-refractivity contribution in [1.82, 2.24) is 0 Å². The molecule has 2 nitrogen and oxygen atoms in total. The monoisotopic (exact) mass is 435 g/mol. The van der Waals surface area contributed by atoms with Crippen LogP contribution in [0, 0.1) is 9.39 Å². The van der Waals surface area contributed by atoms with Crippen molar-refractivity contribution in [2.24, 2.45) is 5.73 Å². The zero-order chi connectivity index (χ0) is 14.0. The average Bonchev–Trinajstić information content (AvgIpc) is 2.38. The molecule has 5 heteroatoms. The highest BCUT2D eigenvalue weighted by molar-refractivity contribution is 14.1. The Morgan fingerprint density at radius 3 is 2.58 bits per heavy atom. The predicted molar refractivity (Wildman–Crippen MR) is 85.8 cm³/mol. The fraction of sp³-hybridized carbons (Fsp3) is 0.143. The molecule has 100 valence electrons. The molecule has 0 bridgehead atoms. The van der Waals surface area contributed by atoms with Crippen LogP contribution in [0.5, 0.6) is 5.75 Å². The highest BCUT2D eigenvalue weighted by atomic mass is 127. The molecule has 0 saturated carbocycles. The summed E-state index contributed by atoms with van der Waals surface area (Å²) in [6.07, 6.45) is 0. The Morgan fingerprint density at radius 1 is 1.21 bits per heavy atom. The average molecular weight is 436 g/mol. The summed E-state index contributed by atoms with van der Waals surface area (Å²) in [5.74, 6) is 0.456. The van der Waals surface area contributed by atoms with Gasteiger partial charge in [0.15, 0.2) is 0 Å². The van der Waals surface area contributed by atoms with E-state index in [0.717, 1.165) is 24.9 Å². The van der Waals surface area contributed by atoms with Crippen molar-refractivity contribution in [2.45, 2.75) is 6.04 Å². The molecular weight excluding hydrogens is 424 g/mol. The maximum atomic E-state index is 13.1. The molecule has 2 aromatic carbocycles. The Bertz CT molecular complexity index is 606. The third-order valence-electron chi connectivity index (χ3n) is 2.82. The van der Waals surface area contributed by atoms with Gasteiger partial charge in [-0.3, -0.25) is 0 Å². The third-order valence-corrected chi connectivity index (χ3v) is 4.25. The van der Waals surface area contributed by atoms with Gasteiger partial charge >= 0.3 is 0 Å². The second kappa shape index (κ2) is 6.19. The van der Waals surface area contributed by atoms with Crippen LogP contribution in [0.1, 0.15) is 17.2 Å². The summed E-state index contributed by atoms with van der Waals surface area (Å²) in [6.45, 7) is 0. The maximum Gasteiger partial charge on any atom is 0.124 e. The van der Waals surface area contributed by atoms with E-state index in [1.165, 1.54) is 12.1 Å². The predicted octanol–water partition coefficient (Wildman–Crippen LogP) is 4.25. The SMILES string of the molecule is COc1ccc(Br)cc1C(N)c1ccc(F)cc1I. The molecule has 0 amide bonds. The number of benzene rings is 2. The first-order chi connectivity index (χ1) is 9.02. The highest BCUT2D eigenvalue weighted by Gasteiger charge is 2.17. The Morgan fingerprint density at radius 2 is 1.95 bits per heavy atom. The lowest BCUT2D eigenvalue weighted by atomic mass is 9.99. The third kappa shape index (κ3) is 3.27. The van der Waals surface area contributed by atoms with E-state index in [1.54, 1.807) is 13.2 Å². The van der Waals surface area contributed by atoms with Gasteiger partial charge in [-0.1, -0.05) is 22.0 Å². The van der Waals surface area contributed by atoms with Crippen LogP contribution in [0.2, 0.25) is 0 Å². The van der Waals surface area contributed by atoms with Crippen molar-refractivity contribution in [2.75, 3.05) is 7.11 Å². The van der Waals surface area contributed by atoms with E-state index in [0.29, 0.717) is 0 Å². The fourth-order valence-electron chi connectivity index (χ4n) is 1.87. The number of halogens is 3. The zero-order valence-corrected chi connectivity index (χ0v) is 13.9. The maximum absolute atomic E-state index is 13.1. The minimum atomic E-state index is -0.361. The lowest BCUT2D eigenvalue weighted by molar-refractivity contribution is 0.407. The van der Waals surface area contributed by atoms with Gasteiger partial charge in [0.2, 0.25) is 0 Å². The largest absolute Gasteiger partial charge is 0.496 e. The topological polar surface area (TPSA) is 35.2 Å². The lowest BCUT2D eigenvalue weighted by Gasteiger charge is -2.18. The summed E-state index contributed by atoms with van der Waals surface area (Å²) in [5.41, 5.74) is 8.02. The number of ether oxygens (including phenoxy) is 1. The van der Waals surface area contributed by atoms with E-state index >= 15 is 0 Å². The molecular formula is C14H12BrFINO. The van der Waals surface area contributed by atoms with Gasteiger partial charge in [-0.05, 0) is 58.5 Å². The van der Waals surface area contributed by atoms with Crippen LogP contribution in [0.25, 0.3) is 0 Å². The van der Waals surface area contributed by atoms with Gasteiger partial charge in [-0.2, -0.15) is 0 Å². The minimum absolute atomic E-state index is 0.262. The summed E-state index contributed by atoms with van der Waals surface area (Å²) in [4.78, 5) is 0. The van der Waals surface area contributed by atoms with E-state index in [2.05, 4.69) is 38.5 Å². The second-order valence-corrected chi connectivity index (χ2v) is 6.11. The van der Waals surface area contributed by atoms with Crippen molar-refractivity contribution >= 4 is 38.5 Å². The van der Waals surface area contributed by atoms with Crippen LogP contribution in [-0.4, -0.2) is 7.11 Å². The molecule has 1 unspecified atom stereocenters. The molecule has 0 saturated heterocycles. The van der Waals surface area contributed by atoms with Crippen LogP contribution < -0.4 is 10.5 Å². The minimum Gasteiger partial charge on any atom is -0.496 e. The van der Waals surface area contributed by atoms with Crippen molar-refractivity contribution in [3.8, 4) is 5.75 Å². The summed E-state index contributed by atoms with van der Waals surface area (Å²) < 4.78 is 20.2. The van der Waals surface area contributed by atoms with Crippen molar-refractivity contribution in [3.05, 3.63) is 61.4 Å². The smallest absolute Gasteiger partial charge is 0.124 e. The van der Waals surface area contributed by atoms with Gasteiger partial charge in [0.25, 0.3) is 0 Å². The summed E-state index contributed by atoms with van der Waals surface area (Å²) >= 11 is 5.51. The van der Waals surface area contributed by atoms with E-state index in [-0.39, 0.29) is 11.9 Å². The van der Waals surface area contributed by atoms with E-state index in [1.807, 2.05) is 18.2 Å². The van der Waals surface area contributed by atoms with Gasteiger partial charge < -0.3 is 10.5 Å². The standard InChI is InChI=1S/C14H12BrFINO/c1-19-13-5-2-8(15)6-11(13)14(18)10-4-3-9(16)7-12(10)17/h2-7,14H,18H2,1H3. The van der Waals surface area contributed by atoms with Gasteiger partial charge in [0.05, 0.1) is 13.2 Å². The molecule has 19 heavy (non-hydrogen) atoms. The van der Waals surface area contributed by atoms with Crippen LogP contribution in [0.3, 0.4) is 0 Å². The van der Waals surface area contributed by atoms with E-state index in [9.17, 15) is 4.39 Å². The van der Waals surface area contributed by atoms with Crippen LogP contribution in [0.4, 0.5) is 4.39 Å². The second-order valence-electron chi connectivity index (χ2n) is 4.03. The van der Waals surface area contributed by atoms with E-state index < -0.39 is 0 Å². The van der Waals surface area contributed by atoms with Crippen molar-refractivity contribution in [1.29, 1.82) is 0 Å². The Balaban J connectivity index is 2.49. The number of methoxy groups -OCH3 is 1. The number of nitrogens with two attached hydrogens (primary N) is 1. The van der Waals surface area contributed by atoms with Crippen LogP contribution >= 0.6 is 38.5 Å². The highest BCUT2D eigenvalue weighted by Crippen LogP contribution is 2.32. The number of hydrogen-bond donors (Lipinski definition) is 1. The Labute approximate surface area is 133 Å². The summed E-state index contributed by atoms with van der Waals surface area (Å²) in [6, 6.07) is 9.91. The zero-order valence-electron chi connectivity index (χ0n) is 10.2. The lowest BCUT2D eigenvalue weighted by Crippen LogP contribution is -2.14. The van der Waals surface area contributed by atoms with Crippen LogP contribution in [0.15, 0.2) is 40.9 Å². The summed E-state index contributed by atoms with van der Waals surface area (Å²) in [7, 11) is 1.61. The van der Waals surface area contributed by atoms with Gasteiger partial charge in [0, 0.05) is 13.6 Å². The molecule has 0 aromatic heterocycles. The molecule has 0 aliphatic carbocycles. The van der Waals surface area contributed by atoms with Gasteiger partial charge in [0.1, 0.15) is 11.6 Å². The van der Waals surface area contributed by atoms with Crippen molar-refractivity contribution in [3.63, 3.8) is 0 Å². The normalized spacial score (nSPS) is 12.3. The fourth-order valence-corrected chi connectivity index (χ4v) is 3.06. The molecule has 0 heterocycles. The number of hydrogen-bond acceptors (Lipinski definition) is 2. The molecule has 0 fully saturated rings. The Kier molecular flexibility index (Phi) is 4.81.